The maximum absolute atomic E-state index is 4.07. The predicted octanol–water partition coefficient (Wildman–Crippen LogP) is 3.04. The molecule has 0 radical (unpaired) electrons. The second kappa shape index (κ2) is 5.05. The van der Waals surface area contributed by atoms with Crippen LogP contribution < -0.4 is 4.90 Å². The van der Waals surface area contributed by atoms with Crippen LogP contribution in [0.5, 0.6) is 0 Å². The van der Waals surface area contributed by atoms with Crippen LogP contribution in [0, 0.1) is 0 Å². The van der Waals surface area contributed by atoms with Gasteiger partial charge in [0.2, 0.25) is 5.13 Å². The number of hydrogen-bond acceptors (Lipinski definition) is 5. The van der Waals surface area contributed by atoms with Crippen molar-refractivity contribution in [3.8, 4) is 0 Å². The summed E-state index contributed by atoms with van der Waals surface area (Å²) in [4.78, 5) is 3.53. The lowest BCUT2D eigenvalue weighted by Gasteiger charge is -2.13. The van der Waals surface area contributed by atoms with Gasteiger partial charge in [-0.15, -0.1) is 21.5 Å². The van der Waals surface area contributed by atoms with E-state index in [0.717, 1.165) is 22.0 Å². The number of hydrogen-bond donors (Lipinski definition) is 0. The lowest BCUT2D eigenvalue weighted by molar-refractivity contribution is 0.866. The van der Waals surface area contributed by atoms with Gasteiger partial charge in [0, 0.05) is 18.5 Å². The summed E-state index contributed by atoms with van der Waals surface area (Å²) in [5, 5.41) is 11.1. The first kappa shape index (κ1) is 11.0. The fraction of sp³-hybridized carbons (Fsp3) is 0.333. The van der Waals surface area contributed by atoms with Gasteiger partial charge in [-0.2, -0.15) is 0 Å². The zero-order chi connectivity index (χ0) is 10.7. The molecule has 2 aromatic rings. The smallest absolute Gasteiger partial charge is 0.208 e. The number of thiophene rings is 1. The van der Waals surface area contributed by atoms with Gasteiger partial charge < -0.3 is 4.90 Å². The van der Waals surface area contributed by atoms with Crippen LogP contribution in [0.15, 0.2) is 21.4 Å². The Balaban J connectivity index is 1.90. The fourth-order valence-corrected chi connectivity index (χ4v) is 2.95. The second-order valence-electron chi connectivity index (χ2n) is 3.09. The van der Waals surface area contributed by atoms with Crippen LogP contribution in [0.2, 0.25) is 0 Å². The molecule has 0 aliphatic rings. The summed E-state index contributed by atoms with van der Waals surface area (Å²) in [5.41, 5.74) is 0. The molecular formula is C9H10BrN3S2. The topological polar surface area (TPSA) is 29.0 Å². The number of rotatable bonds is 4. The van der Waals surface area contributed by atoms with Crippen LogP contribution in [0.3, 0.4) is 0 Å². The molecule has 0 saturated carbocycles. The van der Waals surface area contributed by atoms with E-state index in [1.165, 1.54) is 4.88 Å². The molecule has 2 rings (SSSR count). The SMILES string of the molecule is CN(CCc1cccs1)c1nnc(Br)s1. The van der Waals surface area contributed by atoms with Crippen LogP contribution in [-0.2, 0) is 6.42 Å². The zero-order valence-corrected chi connectivity index (χ0v) is 11.4. The molecule has 2 heterocycles. The minimum absolute atomic E-state index is 0.834. The largest absolute Gasteiger partial charge is 0.349 e. The first-order valence-corrected chi connectivity index (χ1v) is 6.97. The Bertz CT molecular complexity index is 413. The Morgan fingerprint density at radius 2 is 2.33 bits per heavy atom. The van der Waals surface area contributed by atoms with E-state index in [1.807, 2.05) is 7.05 Å². The molecular weight excluding hydrogens is 294 g/mol. The molecule has 0 aromatic carbocycles. The highest BCUT2D eigenvalue weighted by molar-refractivity contribution is 9.11. The van der Waals surface area contributed by atoms with E-state index in [1.54, 1.807) is 22.7 Å². The van der Waals surface area contributed by atoms with Gasteiger partial charge in [-0.05, 0) is 33.8 Å². The van der Waals surface area contributed by atoms with Gasteiger partial charge >= 0.3 is 0 Å². The van der Waals surface area contributed by atoms with Gasteiger partial charge in [0.15, 0.2) is 3.92 Å². The van der Waals surface area contributed by atoms with Gasteiger partial charge in [-0.25, -0.2) is 0 Å². The molecule has 0 aliphatic heterocycles. The van der Waals surface area contributed by atoms with Crippen molar-refractivity contribution >= 4 is 43.7 Å². The Hall–Kier alpha value is -0.460. The van der Waals surface area contributed by atoms with E-state index >= 15 is 0 Å². The molecule has 0 bridgehead atoms. The summed E-state index contributed by atoms with van der Waals surface area (Å²) >= 11 is 6.66. The van der Waals surface area contributed by atoms with E-state index in [2.05, 4.69) is 48.5 Å². The van der Waals surface area contributed by atoms with Crippen molar-refractivity contribution in [1.29, 1.82) is 0 Å². The molecule has 0 spiro atoms. The molecule has 0 aliphatic carbocycles. The molecule has 0 fully saturated rings. The van der Waals surface area contributed by atoms with Gasteiger partial charge in [0.25, 0.3) is 0 Å². The number of halogens is 1. The van der Waals surface area contributed by atoms with Crippen molar-refractivity contribution in [3.63, 3.8) is 0 Å². The summed E-state index contributed by atoms with van der Waals surface area (Å²) in [6.45, 7) is 0.974. The van der Waals surface area contributed by atoms with Crippen LogP contribution in [0.4, 0.5) is 5.13 Å². The summed E-state index contributed by atoms with van der Waals surface area (Å²) in [6.07, 6.45) is 1.06. The van der Waals surface area contributed by atoms with Gasteiger partial charge in [-0.1, -0.05) is 17.4 Å². The van der Waals surface area contributed by atoms with Crippen LogP contribution >= 0.6 is 38.6 Å². The molecule has 6 heteroatoms. The minimum atomic E-state index is 0.834. The van der Waals surface area contributed by atoms with Gasteiger partial charge in [-0.3, -0.25) is 0 Å². The zero-order valence-electron chi connectivity index (χ0n) is 8.18. The lowest BCUT2D eigenvalue weighted by atomic mass is 10.3. The fourth-order valence-electron chi connectivity index (χ4n) is 1.18. The predicted molar refractivity (Wildman–Crippen MR) is 68.9 cm³/mol. The quantitative estimate of drug-likeness (QED) is 0.869. The molecule has 0 amide bonds. The average molecular weight is 304 g/mol. The number of likely N-dealkylation sites (N-methyl/N-ethyl adjacent to an activating group) is 1. The monoisotopic (exact) mass is 303 g/mol. The van der Waals surface area contributed by atoms with Crippen molar-refractivity contribution in [2.45, 2.75) is 6.42 Å². The summed E-state index contributed by atoms with van der Waals surface area (Å²) in [6, 6.07) is 4.25. The number of nitrogens with zero attached hydrogens (tertiary/aromatic N) is 3. The Kier molecular flexibility index (Phi) is 3.71. The van der Waals surface area contributed by atoms with Gasteiger partial charge in [0.05, 0.1) is 0 Å². The normalized spacial score (nSPS) is 10.5. The molecule has 3 nitrogen and oxygen atoms in total. The lowest BCUT2D eigenvalue weighted by Crippen LogP contribution is -2.19. The third kappa shape index (κ3) is 2.99. The van der Waals surface area contributed by atoms with E-state index in [9.17, 15) is 0 Å². The van der Waals surface area contributed by atoms with Crippen LogP contribution in [0.25, 0.3) is 0 Å². The van der Waals surface area contributed by atoms with Gasteiger partial charge in [0.1, 0.15) is 0 Å². The van der Waals surface area contributed by atoms with Crippen molar-refractivity contribution in [1.82, 2.24) is 10.2 Å². The summed E-state index contributed by atoms with van der Waals surface area (Å²) in [7, 11) is 2.04. The Morgan fingerprint density at radius 1 is 1.47 bits per heavy atom. The molecule has 80 valence electrons. The minimum Gasteiger partial charge on any atom is -0.349 e. The standard InChI is InChI=1S/C9H10BrN3S2/c1-13(9-12-11-8(10)15-9)5-4-7-3-2-6-14-7/h2-3,6H,4-5H2,1H3. The number of anilines is 1. The van der Waals surface area contributed by atoms with E-state index in [-0.39, 0.29) is 0 Å². The average Bonchev–Trinajstić information content (AvgIpc) is 2.84. The maximum Gasteiger partial charge on any atom is 0.208 e. The van der Waals surface area contributed by atoms with Crippen molar-refractivity contribution in [2.75, 3.05) is 18.5 Å². The molecule has 2 aromatic heterocycles. The van der Waals surface area contributed by atoms with Crippen LogP contribution in [-0.4, -0.2) is 23.8 Å². The Labute approximate surface area is 105 Å². The van der Waals surface area contributed by atoms with E-state index in [4.69, 9.17) is 0 Å². The van der Waals surface area contributed by atoms with Crippen molar-refractivity contribution in [3.05, 3.63) is 26.3 Å². The van der Waals surface area contributed by atoms with E-state index in [0.29, 0.717) is 0 Å². The highest BCUT2D eigenvalue weighted by Crippen LogP contribution is 2.23. The number of aromatic nitrogens is 2. The maximum atomic E-state index is 4.07. The summed E-state index contributed by atoms with van der Waals surface area (Å²) < 4.78 is 0.834. The molecule has 0 saturated heterocycles. The third-order valence-corrected chi connectivity index (χ3v) is 4.40. The van der Waals surface area contributed by atoms with E-state index < -0.39 is 0 Å². The van der Waals surface area contributed by atoms with Crippen LogP contribution in [0.1, 0.15) is 4.88 Å². The molecule has 0 unspecified atom stereocenters. The highest BCUT2D eigenvalue weighted by Gasteiger charge is 2.07. The summed E-state index contributed by atoms with van der Waals surface area (Å²) in [5.74, 6) is 0. The first-order chi connectivity index (χ1) is 7.25. The van der Waals surface area contributed by atoms with Crippen molar-refractivity contribution in [2.24, 2.45) is 0 Å². The highest BCUT2D eigenvalue weighted by atomic mass is 79.9. The third-order valence-electron chi connectivity index (χ3n) is 1.99. The molecule has 0 atom stereocenters. The first-order valence-electron chi connectivity index (χ1n) is 4.48. The second-order valence-corrected chi connectivity index (χ2v) is 6.35. The van der Waals surface area contributed by atoms with Crippen molar-refractivity contribution < 1.29 is 0 Å². The molecule has 15 heavy (non-hydrogen) atoms. The molecule has 0 N–H and O–H groups in total. The Morgan fingerprint density at radius 3 is 2.93 bits per heavy atom.